The van der Waals surface area contributed by atoms with Crippen LogP contribution in [0.1, 0.15) is 30.1 Å². The van der Waals surface area contributed by atoms with Crippen LogP contribution >= 0.6 is 11.8 Å². The summed E-state index contributed by atoms with van der Waals surface area (Å²) in [6.45, 7) is 2.07. The number of fused-ring (bicyclic) bond motifs is 1. The highest BCUT2D eigenvalue weighted by molar-refractivity contribution is 7.99. The van der Waals surface area contributed by atoms with Crippen molar-refractivity contribution in [2.75, 3.05) is 18.1 Å². The lowest BCUT2D eigenvalue weighted by molar-refractivity contribution is 0.423. The van der Waals surface area contributed by atoms with Crippen molar-refractivity contribution in [1.29, 1.82) is 0 Å². The van der Waals surface area contributed by atoms with Gasteiger partial charge >= 0.3 is 0 Å². The van der Waals surface area contributed by atoms with Crippen molar-refractivity contribution in [2.24, 2.45) is 0 Å². The second-order valence-electron chi connectivity index (χ2n) is 4.35. The minimum absolute atomic E-state index is 0.664. The predicted octanol–water partition coefficient (Wildman–Crippen LogP) is 1.60. The number of hydrogen-bond acceptors (Lipinski definition) is 3. The van der Waals surface area contributed by atoms with E-state index in [0.29, 0.717) is 6.04 Å². The van der Waals surface area contributed by atoms with Crippen molar-refractivity contribution in [3.8, 4) is 0 Å². The monoisotopic (exact) mass is 223 g/mol. The first-order valence-electron chi connectivity index (χ1n) is 5.79. The SMILES string of the molecule is c1c2c(nn1C1CCSCC1)CNCC2. The summed E-state index contributed by atoms with van der Waals surface area (Å²) in [7, 11) is 0. The van der Waals surface area contributed by atoms with Crippen LogP contribution < -0.4 is 5.32 Å². The fourth-order valence-corrected chi connectivity index (χ4v) is 3.47. The van der Waals surface area contributed by atoms with Gasteiger partial charge in [0.1, 0.15) is 0 Å². The molecule has 1 saturated heterocycles. The van der Waals surface area contributed by atoms with E-state index in [2.05, 4.69) is 28.0 Å². The first kappa shape index (κ1) is 9.73. The van der Waals surface area contributed by atoms with E-state index < -0.39 is 0 Å². The van der Waals surface area contributed by atoms with Gasteiger partial charge in [-0.3, -0.25) is 4.68 Å². The van der Waals surface area contributed by atoms with Crippen LogP contribution in [0.3, 0.4) is 0 Å². The highest BCUT2D eigenvalue weighted by atomic mass is 32.2. The summed E-state index contributed by atoms with van der Waals surface area (Å²) in [4.78, 5) is 0. The third-order valence-electron chi connectivity index (χ3n) is 3.32. The van der Waals surface area contributed by atoms with E-state index in [0.717, 1.165) is 19.5 Å². The molecule has 82 valence electrons. The molecule has 0 spiro atoms. The Morgan fingerprint density at radius 2 is 2.27 bits per heavy atom. The van der Waals surface area contributed by atoms with E-state index in [1.165, 1.54) is 35.6 Å². The summed E-state index contributed by atoms with van der Waals surface area (Å²) in [6, 6.07) is 0.664. The molecule has 1 aromatic heterocycles. The van der Waals surface area contributed by atoms with Crippen LogP contribution in [-0.4, -0.2) is 27.8 Å². The molecular weight excluding hydrogens is 206 g/mol. The number of rotatable bonds is 1. The number of thioether (sulfide) groups is 1. The summed E-state index contributed by atoms with van der Waals surface area (Å²) in [6.07, 6.45) is 6.02. The van der Waals surface area contributed by atoms with Crippen LogP contribution in [0, 0.1) is 0 Å². The van der Waals surface area contributed by atoms with Crippen LogP contribution in [0.4, 0.5) is 0 Å². The lowest BCUT2D eigenvalue weighted by atomic mass is 10.1. The van der Waals surface area contributed by atoms with E-state index in [-0.39, 0.29) is 0 Å². The molecule has 0 atom stereocenters. The van der Waals surface area contributed by atoms with Gasteiger partial charge in [0.25, 0.3) is 0 Å². The summed E-state index contributed by atoms with van der Waals surface area (Å²) in [5.74, 6) is 2.60. The van der Waals surface area contributed by atoms with E-state index in [1.54, 1.807) is 0 Å². The zero-order valence-corrected chi connectivity index (χ0v) is 9.72. The van der Waals surface area contributed by atoms with Crippen molar-refractivity contribution in [1.82, 2.24) is 15.1 Å². The molecule has 15 heavy (non-hydrogen) atoms. The molecule has 3 nitrogen and oxygen atoms in total. The quantitative estimate of drug-likeness (QED) is 0.784. The lowest BCUT2D eigenvalue weighted by Gasteiger charge is -2.21. The molecule has 3 rings (SSSR count). The molecule has 1 fully saturated rings. The van der Waals surface area contributed by atoms with E-state index in [1.807, 2.05) is 0 Å². The first-order chi connectivity index (χ1) is 7.43. The second-order valence-corrected chi connectivity index (χ2v) is 5.58. The molecule has 0 amide bonds. The van der Waals surface area contributed by atoms with Gasteiger partial charge in [-0.25, -0.2) is 0 Å². The Kier molecular flexibility index (Phi) is 2.71. The van der Waals surface area contributed by atoms with Crippen LogP contribution in [0.2, 0.25) is 0 Å². The largest absolute Gasteiger partial charge is 0.311 e. The maximum atomic E-state index is 4.72. The number of nitrogens with one attached hydrogen (secondary N) is 1. The average Bonchev–Trinajstić information content (AvgIpc) is 2.74. The minimum atomic E-state index is 0.664. The Hall–Kier alpha value is -0.480. The molecule has 2 aliphatic rings. The van der Waals surface area contributed by atoms with Crippen LogP contribution in [0.5, 0.6) is 0 Å². The Balaban J connectivity index is 1.82. The Bertz CT molecular complexity index is 318. The van der Waals surface area contributed by atoms with Gasteiger partial charge < -0.3 is 5.32 Å². The van der Waals surface area contributed by atoms with Crippen LogP contribution in [0.25, 0.3) is 0 Å². The van der Waals surface area contributed by atoms with Crippen molar-refractivity contribution >= 4 is 11.8 Å². The molecular formula is C11H17N3S. The minimum Gasteiger partial charge on any atom is -0.311 e. The molecule has 1 aromatic rings. The molecule has 2 aliphatic heterocycles. The average molecular weight is 223 g/mol. The van der Waals surface area contributed by atoms with Crippen LogP contribution in [0.15, 0.2) is 6.20 Å². The van der Waals surface area contributed by atoms with E-state index in [9.17, 15) is 0 Å². The third-order valence-corrected chi connectivity index (χ3v) is 4.37. The van der Waals surface area contributed by atoms with E-state index in [4.69, 9.17) is 5.10 Å². The molecule has 0 aliphatic carbocycles. The zero-order chi connectivity index (χ0) is 10.1. The Morgan fingerprint density at radius 1 is 1.40 bits per heavy atom. The summed E-state index contributed by atoms with van der Waals surface area (Å²) in [5, 5.41) is 8.10. The molecule has 0 aromatic carbocycles. The highest BCUT2D eigenvalue weighted by Gasteiger charge is 2.19. The van der Waals surface area contributed by atoms with Gasteiger partial charge in [-0.15, -0.1) is 0 Å². The van der Waals surface area contributed by atoms with Gasteiger partial charge in [-0.05, 0) is 42.9 Å². The Labute approximate surface area is 94.6 Å². The number of nitrogens with zero attached hydrogens (tertiary/aromatic N) is 2. The van der Waals surface area contributed by atoms with Crippen molar-refractivity contribution in [3.63, 3.8) is 0 Å². The first-order valence-corrected chi connectivity index (χ1v) is 6.94. The fourth-order valence-electron chi connectivity index (χ4n) is 2.39. The number of aromatic nitrogens is 2. The Morgan fingerprint density at radius 3 is 3.07 bits per heavy atom. The van der Waals surface area contributed by atoms with Crippen molar-refractivity contribution in [3.05, 3.63) is 17.5 Å². The van der Waals surface area contributed by atoms with Crippen molar-refractivity contribution in [2.45, 2.75) is 31.8 Å². The maximum Gasteiger partial charge on any atom is 0.0794 e. The molecule has 3 heterocycles. The molecule has 0 radical (unpaired) electrons. The van der Waals surface area contributed by atoms with Gasteiger partial charge in [-0.2, -0.15) is 16.9 Å². The molecule has 4 heteroatoms. The highest BCUT2D eigenvalue weighted by Crippen LogP contribution is 2.27. The van der Waals surface area contributed by atoms with E-state index >= 15 is 0 Å². The fraction of sp³-hybridized carbons (Fsp3) is 0.727. The summed E-state index contributed by atoms with van der Waals surface area (Å²) >= 11 is 2.07. The normalized spacial score (nSPS) is 22.7. The van der Waals surface area contributed by atoms with Gasteiger partial charge in [0.15, 0.2) is 0 Å². The molecule has 1 N–H and O–H groups in total. The molecule has 0 saturated carbocycles. The van der Waals surface area contributed by atoms with Gasteiger partial charge in [0.2, 0.25) is 0 Å². The van der Waals surface area contributed by atoms with Gasteiger partial charge in [0, 0.05) is 12.7 Å². The van der Waals surface area contributed by atoms with Crippen molar-refractivity contribution < 1.29 is 0 Å². The van der Waals surface area contributed by atoms with Gasteiger partial charge in [0.05, 0.1) is 11.7 Å². The summed E-state index contributed by atoms with van der Waals surface area (Å²) in [5.41, 5.74) is 2.74. The third kappa shape index (κ3) is 1.93. The lowest BCUT2D eigenvalue weighted by Crippen LogP contribution is -2.23. The predicted molar refractivity (Wildman–Crippen MR) is 63.2 cm³/mol. The molecule has 0 unspecified atom stereocenters. The maximum absolute atomic E-state index is 4.72. The summed E-state index contributed by atoms with van der Waals surface area (Å²) < 4.78 is 2.23. The smallest absolute Gasteiger partial charge is 0.0794 e. The van der Waals surface area contributed by atoms with Gasteiger partial charge in [-0.1, -0.05) is 0 Å². The zero-order valence-electron chi connectivity index (χ0n) is 8.91. The number of hydrogen-bond donors (Lipinski definition) is 1. The standard InChI is InChI=1S/C11H17N3S/c1-4-12-7-11-9(1)8-14(13-11)10-2-5-15-6-3-10/h8,10,12H,1-7H2. The second kappa shape index (κ2) is 4.18. The topological polar surface area (TPSA) is 29.9 Å². The molecule has 0 bridgehead atoms. The van der Waals surface area contributed by atoms with Crippen LogP contribution in [-0.2, 0) is 13.0 Å².